The van der Waals surface area contributed by atoms with Gasteiger partial charge in [0.2, 0.25) is 5.91 Å². The van der Waals surface area contributed by atoms with Crippen LogP contribution in [0.1, 0.15) is 58.8 Å². The highest BCUT2D eigenvalue weighted by atomic mass is 32.1. The molecule has 2 amide bonds. The lowest BCUT2D eigenvalue weighted by molar-refractivity contribution is -0.121. The van der Waals surface area contributed by atoms with Crippen molar-refractivity contribution in [2.75, 3.05) is 18.4 Å². The molecule has 27 heavy (non-hydrogen) atoms. The molecule has 1 unspecified atom stereocenters. The van der Waals surface area contributed by atoms with Crippen molar-refractivity contribution in [1.82, 2.24) is 9.88 Å². The molecule has 5 nitrogen and oxygen atoms in total. The Labute approximate surface area is 167 Å². The number of thiophene rings is 1. The van der Waals surface area contributed by atoms with Crippen LogP contribution in [0.15, 0.2) is 17.5 Å². The molecule has 1 N–H and O–H groups in total. The fourth-order valence-corrected chi connectivity index (χ4v) is 5.64. The van der Waals surface area contributed by atoms with Crippen LogP contribution in [0, 0.1) is 5.92 Å². The summed E-state index contributed by atoms with van der Waals surface area (Å²) in [5.41, 5.74) is 1.17. The van der Waals surface area contributed by atoms with E-state index in [2.05, 4.69) is 10.3 Å². The predicted octanol–water partition coefficient (Wildman–Crippen LogP) is 4.35. The smallest absolute Gasteiger partial charge is 0.263 e. The minimum atomic E-state index is -0.158. The van der Waals surface area contributed by atoms with E-state index < -0.39 is 0 Å². The number of aryl methyl sites for hydroxylation is 2. The average molecular weight is 404 g/mol. The normalized spacial score (nSPS) is 20.4. The van der Waals surface area contributed by atoms with Crippen molar-refractivity contribution in [1.29, 1.82) is 0 Å². The highest BCUT2D eigenvalue weighted by Gasteiger charge is 2.30. The number of piperidine rings is 1. The van der Waals surface area contributed by atoms with Gasteiger partial charge in [-0.2, -0.15) is 0 Å². The van der Waals surface area contributed by atoms with Crippen molar-refractivity contribution >= 4 is 39.6 Å². The van der Waals surface area contributed by atoms with Gasteiger partial charge < -0.3 is 10.2 Å². The first-order valence-corrected chi connectivity index (χ1v) is 11.5. The van der Waals surface area contributed by atoms with Crippen molar-refractivity contribution in [2.24, 2.45) is 5.92 Å². The number of anilines is 1. The second-order valence-corrected chi connectivity index (χ2v) is 9.39. The molecule has 2 aliphatic rings. The Bertz CT molecular complexity index is 775. The number of thiazole rings is 1. The highest BCUT2D eigenvalue weighted by Crippen LogP contribution is 2.29. The third-order valence-electron chi connectivity index (χ3n) is 5.39. The maximum atomic E-state index is 12.8. The minimum Gasteiger partial charge on any atom is -0.337 e. The Morgan fingerprint density at radius 3 is 2.81 bits per heavy atom. The second kappa shape index (κ2) is 8.52. The van der Waals surface area contributed by atoms with Gasteiger partial charge >= 0.3 is 0 Å². The van der Waals surface area contributed by atoms with Crippen LogP contribution in [0.25, 0.3) is 0 Å². The molecule has 4 rings (SSSR count). The van der Waals surface area contributed by atoms with Crippen LogP contribution in [0.3, 0.4) is 0 Å². The van der Waals surface area contributed by atoms with E-state index in [9.17, 15) is 9.59 Å². The SMILES string of the molecule is O=C(Nc1nc2c(s1)CCCCCC2)C1CCCN(C(=O)c2cccs2)C1. The van der Waals surface area contributed by atoms with Crippen molar-refractivity contribution in [2.45, 2.75) is 51.4 Å². The molecule has 1 saturated heterocycles. The number of aromatic nitrogens is 1. The molecule has 2 aromatic heterocycles. The quantitative estimate of drug-likeness (QED) is 0.828. The van der Waals surface area contributed by atoms with E-state index in [4.69, 9.17) is 0 Å². The van der Waals surface area contributed by atoms with Crippen LogP contribution in [-0.4, -0.2) is 34.8 Å². The molecule has 1 aliphatic carbocycles. The highest BCUT2D eigenvalue weighted by molar-refractivity contribution is 7.15. The molecule has 1 atom stereocenters. The van der Waals surface area contributed by atoms with Gasteiger partial charge in [-0.15, -0.1) is 22.7 Å². The first-order valence-electron chi connectivity index (χ1n) is 9.83. The van der Waals surface area contributed by atoms with Gasteiger partial charge in [0, 0.05) is 18.0 Å². The lowest BCUT2D eigenvalue weighted by atomic mass is 9.97. The molecule has 0 radical (unpaired) electrons. The van der Waals surface area contributed by atoms with Crippen LogP contribution in [0.4, 0.5) is 5.13 Å². The predicted molar refractivity (Wildman–Crippen MR) is 110 cm³/mol. The van der Waals surface area contributed by atoms with Gasteiger partial charge in [-0.05, 0) is 50.0 Å². The van der Waals surface area contributed by atoms with Gasteiger partial charge in [-0.1, -0.05) is 18.9 Å². The Balaban J connectivity index is 1.39. The van der Waals surface area contributed by atoms with Gasteiger partial charge in [-0.3, -0.25) is 9.59 Å². The van der Waals surface area contributed by atoms with Gasteiger partial charge in [-0.25, -0.2) is 4.98 Å². The second-order valence-electron chi connectivity index (χ2n) is 7.36. The van der Waals surface area contributed by atoms with Crippen LogP contribution in [-0.2, 0) is 17.6 Å². The summed E-state index contributed by atoms with van der Waals surface area (Å²) in [7, 11) is 0. The Morgan fingerprint density at radius 2 is 2.00 bits per heavy atom. The summed E-state index contributed by atoms with van der Waals surface area (Å²) in [6, 6.07) is 3.74. The number of rotatable bonds is 3. The van der Waals surface area contributed by atoms with Gasteiger partial charge in [0.25, 0.3) is 5.91 Å². The Kier molecular flexibility index (Phi) is 5.88. The zero-order chi connectivity index (χ0) is 18.6. The zero-order valence-corrected chi connectivity index (χ0v) is 17.0. The summed E-state index contributed by atoms with van der Waals surface area (Å²) in [5.74, 6) is -0.116. The number of hydrogen-bond acceptors (Lipinski definition) is 5. The summed E-state index contributed by atoms with van der Waals surface area (Å²) in [5, 5.41) is 5.68. The summed E-state index contributed by atoms with van der Waals surface area (Å²) in [4.78, 5) is 34.0. The maximum Gasteiger partial charge on any atom is 0.263 e. The molecule has 2 aromatic rings. The molecule has 0 aromatic carbocycles. The molecule has 7 heteroatoms. The molecule has 1 aliphatic heterocycles. The maximum absolute atomic E-state index is 12.8. The largest absolute Gasteiger partial charge is 0.337 e. The van der Waals surface area contributed by atoms with Crippen molar-refractivity contribution < 1.29 is 9.59 Å². The number of hydrogen-bond donors (Lipinski definition) is 1. The fourth-order valence-electron chi connectivity index (χ4n) is 3.90. The Morgan fingerprint density at radius 1 is 1.15 bits per heavy atom. The standard InChI is InChI=1S/C20H25N3O2S2/c24-18(22-20-21-15-8-3-1-2-4-9-16(15)27-20)14-7-5-11-23(13-14)19(25)17-10-6-12-26-17/h6,10,12,14H,1-5,7-9,11,13H2,(H,21,22,24). The number of carbonyl (C=O) groups excluding carboxylic acids is 2. The zero-order valence-electron chi connectivity index (χ0n) is 15.4. The molecular formula is C20H25N3O2S2. The Hall–Kier alpha value is -1.73. The van der Waals surface area contributed by atoms with E-state index in [1.54, 1.807) is 11.3 Å². The molecule has 0 bridgehead atoms. The number of likely N-dealkylation sites (tertiary alicyclic amines) is 1. The van der Waals surface area contributed by atoms with Crippen LogP contribution in [0.5, 0.6) is 0 Å². The monoisotopic (exact) mass is 403 g/mol. The number of carbonyl (C=O) groups is 2. The van der Waals surface area contributed by atoms with E-state index in [1.807, 2.05) is 22.4 Å². The van der Waals surface area contributed by atoms with Crippen LogP contribution in [0.2, 0.25) is 0 Å². The number of amides is 2. The first-order chi connectivity index (χ1) is 13.2. The van der Waals surface area contributed by atoms with Crippen LogP contribution >= 0.6 is 22.7 Å². The minimum absolute atomic E-state index is 0.000372. The molecule has 3 heterocycles. The summed E-state index contributed by atoms with van der Waals surface area (Å²) >= 11 is 3.09. The summed E-state index contributed by atoms with van der Waals surface area (Å²) < 4.78 is 0. The van der Waals surface area contributed by atoms with E-state index in [0.29, 0.717) is 6.54 Å². The molecular weight excluding hydrogens is 378 g/mol. The third-order valence-corrected chi connectivity index (χ3v) is 7.32. The van der Waals surface area contributed by atoms with Crippen LogP contribution < -0.4 is 5.32 Å². The number of nitrogens with one attached hydrogen (secondary N) is 1. The average Bonchev–Trinajstić information content (AvgIpc) is 3.32. The van der Waals surface area contributed by atoms with Gasteiger partial charge in [0.15, 0.2) is 5.13 Å². The molecule has 1 fully saturated rings. The lowest BCUT2D eigenvalue weighted by Crippen LogP contribution is -2.43. The molecule has 144 valence electrons. The van der Waals surface area contributed by atoms with Gasteiger partial charge in [0.05, 0.1) is 16.5 Å². The number of nitrogens with zero attached hydrogens (tertiary/aromatic N) is 2. The molecule has 0 saturated carbocycles. The molecule has 0 spiro atoms. The van der Waals surface area contributed by atoms with Gasteiger partial charge in [0.1, 0.15) is 0 Å². The summed E-state index contributed by atoms with van der Waals surface area (Å²) in [6.45, 7) is 1.22. The van der Waals surface area contributed by atoms with Crippen molar-refractivity contribution in [3.63, 3.8) is 0 Å². The third kappa shape index (κ3) is 4.41. The number of fused-ring (bicyclic) bond motifs is 1. The van der Waals surface area contributed by atoms with E-state index in [-0.39, 0.29) is 17.7 Å². The fraction of sp³-hybridized carbons (Fsp3) is 0.550. The first kappa shape index (κ1) is 18.6. The van der Waals surface area contributed by atoms with E-state index in [0.717, 1.165) is 42.2 Å². The van der Waals surface area contributed by atoms with Crippen molar-refractivity contribution in [3.8, 4) is 0 Å². The summed E-state index contributed by atoms with van der Waals surface area (Å²) in [6.07, 6.45) is 8.75. The lowest BCUT2D eigenvalue weighted by Gasteiger charge is -2.31. The van der Waals surface area contributed by atoms with E-state index in [1.165, 1.54) is 47.6 Å². The van der Waals surface area contributed by atoms with Crippen molar-refractivity contribution in [3.05, 3.63) is 33.0 Å². The topological polar surface area (TPSA) is 62.3 Å². The van der Waals surface area contributed by atoms with E-state index >= 15 is 0 Å².